The number of benzene rings is 1. The molecule has 2 amide bonds. The fourth-order valence-corrected chi connectivity index (χ4v) is 3.81. The van der Waals surface area contributed by atoms with Crippen molar-refractivity contribution < 1.29 is 14.3 Å². The molecule has 0 aliphatic rings. The Labute approximate surface area is 175 Å². The molecular formula is C18H20N6O3S2. The number of thioether (sulfide) groups is 1. The Kier molecular flexibility index (Phi) is 6.83. The number of rotatable bonds is 8. The molecule has 0 saturated heterocycles. The number of methoxy groups -OCH3 is 1. The molecule has 0 aliphatic heterocycles. The first kappa shape index (κ1) is 20.8. The van der Waals surface area contributed by atoms with Gasteiger partial charge in [-0.3, -0.25) is 9.59 Å². The number of aromatic nitrogens is 4. The Morgan fingerprint density at radius 3 is 2.79 bits per heavy atom. The molecule has 0 aliphatic carbocycles. The molecule has 2 heterocycles. The van der Waals surface area contributed by atoms with Gasteiger partial charge in [0, 0.05) is 24.2 Å². The highest BCUT2D eigenvalue weighted by molar-refractivity contribution is 7.99. The van der Waals surface area contributed by atoms with E-state index in [1.807, 2.05) is 12.3 Å². The monoisotopic (exact) mass is 432 g/mol. The Morgan fingerprint density at radius 1 is 1.24 bits per heavy atom. The number of ether oxygens (including phenoxy) is 1. The largest absolute Gasteiger partial charge is 0.497 e. The Bertz CT molecular complexity index is 1020. The van der Waals surface area contributed by atoms with Crippen LogP contribution in [0.4, 0.5) is 10.8 Å². The van der Waals surface area contributed by atoms with E-state index in [1.165, 1.54) is 23.1 Å². The molecule has 2 aromatic heterocycles. The number of carbonyl (C=O) groups excluding carboxylic acids is 2. The van der Waals surface area contributed by atoms with E-state index >= 15 is 0 Å². The Morgan fingerprint density at radius 2 is 2.07 bits per heavy atom. The lowest BCUT2D eigenvalue weighted by atomic mass is 10.3. The van der Waals surface area contributed by atoms with Crippen molar-refractivity contribution in [3.8, 4) is 5.75 Å². The molecule has 0 bridgehead atoms. The minimum absolute atomic E-state index is 0.0614. The van der Waals surface area contributed by atoms with Crippen LogP contribution in [0, 0.1) is 6.92 Å². The van der Waals surface area contributed by atoms with Crippen molar-refractivity contribution in [1.82, 2.24) is 19.7 Å². The van der Waals surface area contributed by atoms with Crippen LogP contribution in [0.25, 0.3) is 0 Å². The van der Waals surface area contributed by atoms with Crippen LogP contribution in [-0.4, -0.2) is 44.4 Å². The highest BCUT2D eigenvalue weighted by atomic mass is 32.2. The van der Waals surface area contributed by atoms with Gasteiger partial charge in [0.05, 0.1) is 25.0 Å². The third-order valence-electron chi connectivity index (χ3n) is 3.79. The summed E-state index contributed by atoms with van der Waals surface area (Å²) in [6, 6.07) is 7.11. The molecule has 0 saturated carbocycles. The second-order valence-electron chi connectivity index (χ2n) is 6.05. The van der Waals surface area contributed by atoms with Gasteiger partial charge < -0.3 is 19.9 Å². The minimum Gasteiger partial charge on any atom is -0.497 e. The van der Waals surface area contributed by atoms with E-state index in [9.17, 15) is 9.59 Å². The first-order valence-corrected chi connectivity index (χ1v) is 10.5. The number of amides is 2. The summed E-state index contributed by atoms with van der Waals surface area (Å²) in [5.74, 6) is 0.933. The first-order chi connectivity index (χ1) is 13.9. The molecule has 9 nitrogen and oxygen atoms in total. The number of hydrogen-bond donors (Lipinski definition) is 2. The summed E-state index contributed by atoms with van der Waals surface area (Å²) in [5, 5.41) is 16.7. The normalized spacial score (nSPS) is 10.6. The van der Waals surface area contributed by atoms with Crippen molar-refractivity contribution in [2.24, 2.45) is 7.05 Å². The molecule has 1 aromatic carbocycles. The summed E-state index contributed by atoms with van der Waals surface area (Å²) < 4.78 is 6.85. The van der Waals surface area contributed by atoms with E-state index in [4.69, 9.17) is 4.74 Å². The number of thiazole rings is 1. The van der Waals surface area contributed by atoms with Crippen molar-refractivity contribution in [1.29, 1.82) is 0 Å². The smallest absolute Gasteiger partial charge is 0.236 e. The second kappa shape index (κ2) is 9.52. The van der Waals surface area contributed by atoms with E-state index in [1.54, 1.807) is 43.0 Å². The number of anilines is 2. The van der Waals surface area contributed by atoms with Gasteiger partial charge in [-0.05, 0) is 19.1 Å². The Hall–Kier alpha value is -2.92. The second-order valence-corrected chi connectivity index (χ2v) is 7.85. The minimum atomic E-state index is -0.220. The van der Waals surface area contributed by atoms with Crippen molar-refractivity contribution in [2.45, 2.75) is 18.5 Å². The maximum atomic E-state index is 12.3. The van der Waals surface area contributed by atoms with Gasteiger partial charge in [0.1, 0.15) is 11.6 Å². The average molecular weight is 433 g/mol. The molecule has 0 atom stereocenters. The lowest BCUT2D eigenvalue weighted by molar-refractivity contribution is -0.116. The van der Waals surface area contributed by atoms with Gasteiger partial charge in [-0.2, -0.15) is 0 Å². The molecule has 3 rings (SSSR count). The summed E-state index contributed by atoms with van der Waals surface area (Å²) in [5.41, 5.74) is 1.50. The highest BCUT2D eigenvalue weighted by Gasteiger charge is 2.15. The summed E-state index contributed by atoms with van der Waals surface area (Å²) >= 11 is 2.62. The molecule has 0 unspecified atom stereocenters. The Balaban J connectivity index is 1.53. The zero-order valence-electron chi connectivity index (χ0n) is 16.1. The molecule has 3 aromatic rings. The maximum Gasteiger partial charge on any atom is 0.236 e. The van der Waals surface area contributed by atoms with Gasteiger partial charge in [0.25, 0.3) is 0 Å². The van der Waals surface area contributed by atoms with Crippen LogP contribution in [0.15, 0.2) is 34.8 Å². The van der Waals surface area contributed by atoms with Crippen molar-refractivity contribution in [3.63, 3.8) is 0 Å². The van der Waals surface area contributed by atoms with Crippen molar-refractivity contribution in [2.75, 3.05) is 23.5 Å². The van der Waals surface area contributed by atoms with E-state index in [2.05, 4.69) is 25.8 Å². The van der Waals surface area contributed by atoms with E-state index in [0.29, 0.717) is 27.5 Å². The van der Waals surface area contributed by atoms with E-state index < -0.39 is 0 Å². The standard InChI is InChI=1S/C18H20N6O3S2/c1-11-9-28-17(19-11)21-16(26)10-29-18-23-22-14(24(18)2)8-15(25)20-12-5-4-6-13(7-12)27-3/h4-7,9H,8,10H2,1-3H3,(H,20,25)(H,19,21,26). The molecule has 11 heteroatoms. The lowest BCUT2D eigenvalue weighted by Crippen LogP contribution is -2.17. The number of aryl methyl sites for hydroxylation is 1. The SMILES string of the molecule is COc1cccc(NC(=O)Cc2nnc(SCC(=O)Nc3nc(C)cs3)n2C)c1. The van der Waals surface area contributed by atoms with Gasteiger partial charge in [0.15, 0.2) is 10.3 Å². The van der Waals surface area contributed by atoms with Gasteiger partial charge >= 0.3 is 0 Å². The molecule has 0 fully saturated rings. The predicted molar refractivity (Wildman–Crippen MR) is 113 cm³/mol. The summed E-state index contributed by atoms with van der Waals surface area (Å²) in [6.45, 7) is 1.87. The molecule has 0 radical (unpaired) electrons. The van der Waals surface area contributed by atoms with Crippen LogP contribution >= 0.6 is 23.1 Å². The third-order valence-corrected chi connectivity index (χ3v) is 5.69. The maximum absolute atomic E-state index is 12.3. The van der Waals surface area contributed by atoms with Crippen LogP contribution in [0.2, 0.25) is 0 Å². The van der Waals surface area contributed by atoms with Crippen LogP contribution in [-0.2, 0) is 23.1 Å². The number of hydrogen-bond acceptors (Lipinski definition) is 8. The predicted octanol–water partition coefficient (Wildman–Crippen LogP) is 2.50. The zero-order chi connectivity index (χ0) is 20.8. The molecule has 2 N–H and O–H groups in total. The summed E-state index contributed by atoms with van der Waals surface area (Å²) in [6.07, 6.45) is 0.0614. The van der Waals surface area contributed by atoms with Gasteiger partial charge in [-0.25, -0.2) is 4.98 Å². The fourth-order valence-electron chi connectivity index (χ4n) is 2.37. The summed E-state index contributed by atoms with van der Waals surface area (Å²) in [7, 11) is 3.33. The van der Waals surface area contributed by atoms with Crippen LogP contribution in [0.1, 0.15) is 11.5 Å². The summed E-state index contributed by atoms with van der Waals surface area (Å²) in [4.78, 5) is 28.6. The number of carbonyl (C=O) groups is 2. The van der Waals surface area contributed by atoms with Crippen LogP contribution in [0.3, 0.4) is 0 Å². The lowest BCUT2D eigenvalue weighted by Gasteiger charge is -2.07. The zero-order valence-corrected chi connectivity index (χ0v) is 17.8. The van der Waals surface area contributed by atoms with Crippen LogP contribution in [0.5, 0.6) is 5.75 Å². The van der Waals surface area contributed by atoms with Crippen molar-refractivity contribution in [3.05, 3.63) is 41.2 Å². The van der Waals surface area contributed by atoms with E-state index in [-0.39, 0.29) is 24.0 Å². The highest BCUT2D eigenvalue weighted by Crippen LogP contribution is 2.19. The molecular weight excluding hydrogens is 412 g/mol. The number of nitrogens with one attached hydrogen (secondary N) is 2. The van der Waals surface area contributed by atoms with Crippen molar-refractivity contribution >= 4 is 45.7 Å². The molecule has 29 heavy (non-hydrogen) atoms. The topological polar surface area (TPSA) is 111 Å². The molecule has 152 valence electrons. The number of nitrogens with zero attached hydrogens (tertiary/aromatic N) is 4. The third kappa shape index (κ3) is 5.78. The molecule has 0 spiro atoms. The quantitative estimate of drug-likeness (QED) is 0.526. The average Bonchev–Trinajstić information content (AvgIpc) is 3.25. The van der Waals surface area contributed by atoms with Gasteiger partial charge in [-0.1, -0.05) is 17.8 Å². The fraction of sp³-hybridized carbons (Fsp3) is 0.278. The van der Waals surface area contributed by atoms with E-state index in [0.717, 1.165) is 5.69 Å². The first-order valence-electron chi connectivity index (χ1n) is 8.61. The van der Waals surface area contributed by atoms with Crippen LogP contribution < -0.4 is 15.4 Å². The van der Waals surface area contributed by atoms with Gasteiger partial charge in [0.2, 0.25) is 11.8 Å². The van der Waals surface area contributed by atoms with Gasteiger partial charge in [-0.15, -0.1) is 21.5 Å².